The molecule has 0 saturated heterocycles. The van der Waals surface area contributed by atoms with Crippen molar-refractivity contribution < 1.29 is 14.3 Å². The first-order valence-electron chi connectivity index (χ1n) is 15.1. The summed E-state index contributed by atoms with van der Waals surface area (Å²) in [6.45, 7) is 5.94. The molecule has 0 aromatic heterocycles. The van der Waals surface area contributed by atoms with Gasteiger partial charge in [0.1, 0.15) is 0 Å². The molecule has 220 valence electrons. The highest BCUT2D eigenvalue weighted by Crippen LogP contribution is 2.31. The summed E-state index contributed by atoms with van der Waals surface area (Å²) < 4.78 is 11.5. The van der Waals surface area contributed by atoms with Crippen LogP contribution in [-0.4, -0.2) is 30.5 Å². The van der Waals surface area contributed by atoms with Gasteiger partial charge in [0.2, 0.25) is 0 Å². The van der Waals surface area contributed by atoms with Gasteiger partial charge in [-0.25, -0.2) is 4.79 Å². The van der Waals surface area contributed by atoms with Crippen LogP contribution in [0.5, 0.6) is 11.5 Å². The van der Waals surface area contributed by atoms with Crippen LogP contribution in [0.15, 0.2) is 53.6 Å². The number of ether oxygens (including phenoxy) is 2. The van der Waals surface area contributed by atoms with Crippen LogP contribution in [0.4, 0.5) is 16.2 Å². The van der Waals surface area contributed by atoms with Gasteiger partial charge >= 0.3 is 6.03 Å². The van der Waals surface area contributed by atoms with Crippen molar-refractivity contribution in [3.63, 3.8) is 0 Å². The minimum Gasteiger partial charge on any atom is -0.493 e. The first kappa shape index (κ1) is 31.7. The molecule has 0 radical (unpaired) electrons. The van der Waals surface area contributed by atoms with Crippen LogP contribution in [0.25, 0.3) is 0 Å². The van der Waals surface area contributed by atoms with Gasteiger partial charge in [0.05, 0.1) is 19.6 Å². The molecule has 0 atom stereocenters. The summed E-state index contributed by atoms with van der Waals surface area (Å²) in [6, 6.07) is 13.2. The van der Waals surface area contributed by atoms with Crippen molar-refractivity contribution in [3.05, 3.63) is 59.1 Å². The fourth-order valence-corrected chi connectivity index (χ4v) is 5.58. The summed E-state index contributed by atoms with van der Waals surface area (Å²) in [4.78, 5) is 16.2. The highest BCUT2D eigenvalue weighted by molar-refractivity contribution is 8.03. The lowest BCUT2D eigenvalue weighted by molar-refractivity contribution is 0.262. The molecule has 6 nitrogen and oxygen atoms in total. The second-order valence-electron chi connectivity index (χ2n) is 10.6. The molecule has 1 aliphatic rings. The Morgan fingerprint density at radius 1 is 0.825 bits per heavy atom. The third kappa shape index (κ3) is 12.2. The second kappa shape index (κ2) is 18.5. The normalized spacial score (nSPS) is 12.8. The van der Waals surface area contributed by atoms with Crippen molar-refractivity contribution in [2.24, 2.45) is 0 Å². The van der Waals surface area contributed by atoms with Crippen molar-refractivity contribution in [2.75, 3.05) is 30.2 Å². The van der Waals surface area contributed by atoms with Crippen LogP contribution in [0, 0.1) is 0 Å². The average molecular weight is 568 g/mol. The number of thioether (sulfide) groups is 1. The zero-order chi connectivity index (χ0) is 28.4. The van der Waals surface area contributed by atoms with E-state index in [9.17, 15) is 4.79 Å². The minimum absolute atomic E-state index is 0.297. The largest absolute Gasteiger partial charge is 0.493 e. The molecule has 2 N–H and O–H groups in total. The highest BCUT2D eigenvalue weighted by atomic mass is 32.2. The molecule has 3 rings (SSSR count). The van der Waals surface area contributed by atoms with E-state index in [-0.39, 0.29) is 6.03 Å². The van der Waals surface area contributed by atoms with Gasteiger partial charge in [0.25, 0.3) is 0 Å². The Balaban J connectivity index is 1.30. The van der Waals surface area contributed by atoms with E-state index < -0.39 is 0 Å². The molecule has 0 aliphatic carbocycles. The first-order chi connectivity index (χ1) is 19.6. The number of carbonyl (C=O) groups is 1. The molecule has 0 bridgehead atoms. The second-order valence-corrected chi connectivity index (χ2v) is 11.8. The molecule has 0 fully saturated rings. The van der Waals surface area contributed by atoms with Crippen LogP contribution in [-0.2, 0) is 6.54 Å². The Hall–Kier alpha value is -2.80. The van der Waals surface area contributed by atoms with E-state index in [4.69, 9.17) is 9.47 Å². The maximum Gasteiger partial charge on any atom is 0.323 e. The van der Waals surface area contributed by atoms with Crippen LogP contribution in [0.3, 0.4) is 0 Å². The monoisotopic (exact) mass is 567 g/mol. The Morgan fingerprint density at radius 3 is 2.02 bits per heavy atom. The summed E-state index contributed by atoms with van der Waals surface area (Å²) in [5.74, 6) is 2.31. The predicted molar refractivity (Wildman–Crippen MR) is 170 cm³/mol. The lowest BCUT2D eigenvalue weighted by Gasteiger charge is -2.15. The van der Waals surface area contributed by atoms with Gasteiger partial charge in [-0.3, -0.25) is 0 Å². The molecule has 40 heavy (non-hydrogen) atoms. The highest BCUT2D eigenvalue weighted by Gasteiger charge is 2.11. The fourth-order valence-electron chi connectivity index (χ4n) is 4.82. The molecular weight excluding hydrogens is 518 g/mol. The lowest BCUT2D eigenvalue weighted by Crippen LogP contribution is -2.19. The lowest BCUT2D eigenvalue weighted by atomic mass is 10.1. The number of hydrogen-bond donors (Lipinski definition) is 2. The number of urea groups is 1. The summed E-state index contributed by atoms with van der Waals surface area (Å²) in [7, 11) is 1.62. The topological polar surface area (TPSA) is 62.8 Å². The van der Waals surface area contributed by atoms with Crippen molar-refractivity contribution >= 4 is 29.2 Å². The van der Waals surface area contributed by atoms with Crippen LogP contribution < -0.4 is 20.1 Å². The SMILES string of the molecule is CCCCCCCCCCCCCCOc1ccc(NC(=O)Nc2ccc(CN3C=C(C)SC3)cc2)cc1OC. The molecule has 0 saturated carbocycles. The van der Waals surface area contributed by atoms with Gasteiger partial charge in [-0.2, -0.15) is 0 Å². The molecular formula is C33H49N3O3S. The number of anilines is 2. The maximum absolute atomic E-state index is 12.6. The van der Waals surface area contributed by atoms with E-state index in [1.54, 1.807) is 13.2 Å². The van der Waals surface area contributed by atoms with Crippen LogP contribution in [0.1, 0.15) is 96.5 Å². The molecule has 1 heterocycles. The van der Waals surface area contributed by atoms with E-state index in [0.717, 1.165) is 24.5 Å². The van der Waals surface area contributed by atoms with Crippen LogP contribution in [0.2, 0.25) is 0 Å². The third-order valence-electron chi connectivity index (χ3n) is 7.10. The number of carbonyl (C=O) groups excluding carboxylic acids is 1. The number of rotatable bonds is 19. The Bertz CT molecular complexity index is 1040. The van der Waals surface area contributed by atoms with Gasteiger partial charge < -0.3 is 25.0 Å². The molecule has 0 unspecified atom stereocenters. The minimum atomic E-state index is -0.297. The van der Waals surface area contributed by atoms with Crippen molar-refractivity contribution in [1.29, 1.82) is 0 Å². The third-order valence-corrected chi connectivity index (χ3v) is 8.12. The number of allylic oxidation sites excluding steroid dienone is 1. The van der Waals surface area contributed by atoms with Gasteiger partial charge in [0, 0.05) is 30.2 Å². The average Bonchev–Trinajstić information content (AvgIpc) is 3.37. The zero-order valence-electron chi connectivity index (χ0n) is 24.8. The van der Waals surface area contributed by atoms with Gasteiger partial charge in [0.15, 0.2) is 11.5 Å². The molecule has 2 aromatic rings. The van der Waals surface area contributed by atoms with E-state index >= 15 is 0 Å². The number of nitrogens with zero attached hydrogens (tertiary/aromatic N) is 1. The van der Waals surface area contributed by atoms with Gasteiger partial charge in [-0.15, -0.1) is 11.8 Å². The van der Waals surface area contributed by atoms with Gasteiger partial charge in [-0.05, 0) is 48.1 Å². The van der Waals surface area contributed by atoms with Crippen molar-refractivity contribution in [2.45, 2.75) is 97.4 Å². The molecule has 2 amide bonds. The number of benzene rings is 2. The zero-order valence-corrected chi connectivity index (χ0v) is 25.6. The number of methoxy groups -OCH3 is 1. The summed E-state index contributed by atoms with van der Waals surface area (Å²) in [6.07, 6.45) is 18.0. The molecule has 2 aromatic carbocycles. The van der Waals surface area contributed by atoms with E-state index in [2.05, 4.69) is 35.6 Å². The Labute approximate surface area is 246 Å². The quantitative estimate of drug-likeness (QED) is 0.165. The van der Waals surface area contributed by atoms with E-state index in [0.29, 0.717) is 23.8 Å². The van der Waals surface area contributed by atoms with E-state index in [1.165, 1.54) is 81.1 Å². The standard InChI is InChI=1S/C33H49N3O3S/c1-4-5-6-7-8-9-10-11-12-13-14-15-22-39-31-21-20-30(23-32(31)38-3)35-33(37)34-29-18-16-28(17-19-29)25-36-24-27(2)40-26-36/h16-21,23-24H,4-15,22,25-26H2,1-3H3,(H2,34,35,37). The number of amides is 2. The number of nitrogens with one attached hydrogen (secondary N) is 2. The summed E-state index contributed by atoms with van der Waals surface area (Å²) in [5, 5.41) is 5.78. The molecule has 7 heteroatoms. The molecule has 1 aliphatic heterocycles. The smallest absolute Gasteiger partial charge is 0.323 e. The van der Waals surface area contributed by atoms with Gasteiger partial charge in [-0.1, -0.05) is 89.7 Å². The van der Waals surface area contributed by atoms with E-state index in [1.807, 2.05) is 48.2 Å². The summed E-state index contributed by atoms with van der Waals surface area (Å²) >= 11 is 1.86. The van der Waals surface area contributed by atoms with Crippen LogP contribution >= 0.6 is 11.8 Å². The molecule has 0 spiro atoms. The maximum atomic E-state index is 12.6. The van der Waals surface area contributed by atoms with Crippen molar-refractivity contribution in [3.8, 4) is 11.5 Å². The number of unbranched alkanes of at least 4 members (excludes halogenated alkanes) is 11. The fraction of sp³-hybridized carbons (Fsp3) is 0.545. The van der Waals surface area contributed by atoms with Crippen molar-refractivity contribution in [1.82, 2.24) is 4.90 Å². The first-order valence-corrected chi connectivity index (χ1v) is 16.1. The Morgan fingerprint density at radius 2 is 1.43 bits per heavy atom. The predicted octanol–water partition coefficient (Wildman–Crippen LogP) is 9.79. The number of hydrogen-bond acceptors (Lipinski definition) is 5. The Kier molecular flexibility index (Phi) is 14.7. The summed E-state index contributed by atoms with van der Waals surface area (Å²) in [5.41, 5.74) is 2.61.